The Labute approximate surface area is 169 Å². The van der Waals surface area contributed by atoms with E-state index in [2.05, 4.69) is 79.3 Å². The van der Waals surface area contributed by atoms with E-state index in [1.807, 2.05) is 11.4 Å². The van der Waals surface area contributed by atoms with E-state index < -0.39 is 0 Å². The van der Waals surface area contributed by atoms with Crippen molar-refractivity contribution in [2.75, 3.05) is 0 Å². The van der Waals surface area contributed by atoms with E-state index in [9.17, 15) is 4.79 Å². The second-order valence-corrected chi connectivity index (χ2v) is 8.67. The molecular formula is C21H11Br2NOS. The first-order valence-corrected chi connectivity index (χ1v) is 10.5. The Bertz CT molecular complexity index is 1380. The van der Waals surface area contributed by atoms with E-state index in [-0.39, 0.29) is 5.43 Å². The van der Waals surface area contributed by atoms with E-state index in [1.165, 1.54) is 10.8 Å². The molecule has 0 aliphatic heterocycles. The average Bonchev–Trinajstić information content (AvgIpc) is 3.03. The lowest BCUT2D eigenvalue weighted by Gasteiger charge is -2.10. The van der Waals surface area contributed by atoms with Crippen LogP contribution in [0.3, 0.4) is 0 Å². The van der Waals surface area contributed by atoms with Crippen LogP contribution >= 0.6 is 43.2 Å². The number of para-hydroxylation sites is 2. The van der Waals surface area contributed by atoms with Crippen LogP contribution in [0.15, 0.2) is 73.7 Å². The Kier molecular flexibility index (Phi) is 3.78. The summed E-state index contributed by atoms with van der Waals surface area (Å²) in [5.41, 5.74) is 4.38. The van der Waals surface area contributed by atoms with E-state index in [4.69, 9.17) is 0 Å². The maximum absolute atomic E-state index is 12.5. The number of benzene rings is 3. The van der Waals surface area contributed by atoms with Gasteiger partial charge in [0, 0.05) is 41.1 Å². The highest BCUT2D eigenvalue weighted by molar-refractivity contribution is 9.13. The number of hydrogen-bond acceptors (Lipinski definition) is 2. The van der Waals surface area contributed by atoms with Crippen LogP contribution in [0.2, 0.25) is 0 Å². The van der Waals surface area contributed by atoms with Crippen LogP contribution in [0, 0.1) is 0 Å². The number of rotatable bonds is 1. The molecule has 0 fully saturated rings. The summed E-state index contributed by atoms with van der Waals surface area (Å²) in [4.78, 5) is 16.0. The van der Waals surface area contributed by atoms with Crippen molar-refractivity contribution in [1.82, 2.24) is 4.98 Å². The van der Waals surface area contributed by atoms with Gasteiger partial charge in [0.25, 0.3) is 0 Å². The monoisotopic (exact) mass is 483 g/mol. The molecule has 0 saturated carbocycles. The van der Waals surface area contributed by atoms with Crippen LogP contribution in [0.1, 0.15) is 0 Å². The van der Waals surface area contributed by atoms with Crippen molar-refractivity contribution in [1.29, 1.82) is 0 Å². The first-order valence-electron chi connectivity index (χ1n) is 8.04. The first-order chi connectivity index (χ1) is 12.6. The summed E-state index contributed by atoms with van der Waals surface area (Å²) in [5, 5.41) is 4.97. The van der Waals surface area contributed by atoms with Gasteiger partial charge in [-0.1, -0.05) is 36.4 Å². The lowest BCUT2D eigenvalue weighted by atomic mass is 10.0. The number of H-pyrrole nitrogens is 1. The largest absolute Gasteiger partial charge is 0.354 e. The van der Waals surface area contributed by atoms with Crippen LogP contribution in [-0.2, 0) is 0 Å². The van der Waals surface area contributed by atoms with Crippen molar-refractivity contribution >= 4 is 75.1 Å². The summed E-state index contributed by atoms with van der Waals surface area (Å²) < 4.78 is 2.67. The Morgan fingerprint density at radius 3 is 2.58 bits per heavy atom. The van der Waals surface area contributed by atoms with E-state index in [0.717, 1.165) is 41.2 Å². The zero-order valence-corrected chi connectivity index (χ0v) is 17.3. The van der Waals surface area contributed by atoms with E-state index in [1.54, 1.807) is 17.4 Å². The van der Waals surface area contributed by atoms with Crippen molar-refractivity contribution in [3.63, 3.8) is 0 Å². The third kappa shape index (κ3) is 2.31. The molecule has 3 aromatic carbocycles. The number of nitrogens with one attached hydrogen (secondary N) is 1. The van der Waals surface area contributed by atoms with Gasteiger partial charge in [0.05, 0.1) is 10.9 Å². The molecule has 0 bridgehead atoms. The summed E-state index contributed by atoms with van der Waals surface area (Å²) in [6.45, 7) is 0. The van der Waals surface area contributed by atoms with Gasteiger partial charge in [-0.05, 0) is 55.4 Å². The molecule has 0 aliphatic rings. The standard InChI is InChI=1S/C21H11Br2NOS/c22-15-10-14(21-18(19(15)23)17(25)8-9-26-21)13-6-3-5-12-11-4-1-2-7-16(11)24-20(12)13/h1-10,24H. The lowest BCUT2D eigenvalue weighted by molar-refractivity contribution is 1.54. The van der Waals surface area contributed by atoms with Crippen molar-refractivity contribution in [3.05, 3.63) is 79.1 Å². The molecule has 0 spiro atoms. The number of aromatic amines is 1. The van der Waals surface area contributed by atoms with Gasteiger partial charge >= 0.3 is 0 Å². The fourth-order valence-corrected chi connectivity index (χ4v) is 5.51. The summed E-state index contributed by atoms with van der Waals surface area (Å²) in [6.07, 6.45) is 0. The summed E-state index contributed by atoms with van der Waals surface area (Å²) in [5.74, 6) is 0. The summed E-state index contributed by atoms with van der Waals surface area (Å²) >= 11 is 8.76. The number of aromatic nitrogens is 1. The Hall–Kier alpha value is -1.95. The smallest absolute Gasteiger partial charge is 0.189 e. The highest BCUT2D eigenvalue weighted by Crippen LogP contribution is 2.41. The summed E-state index contributed by atoms with van der Waals surface area (Å²) in [6, 6.07) is 18.3. The minimum absolute atomic E-state index is 0.0250. The molecule has 0 atom stereocenters. The van der Waals surface area contributed by atoms with E-state index >= 15 is 0 Å². The zero-order chi connectivity index (χ0) is 17.8. The second kappa shape index (κ2) is 6.05. The lowest BCUT2D eigenvalue weighted by Crippen LogP contribution is -1.99. The molecule has 2 aromatic heterocycles. The molecule has 2 nitrogen and oxygen atoms in total. The van der Waals surface area contributed by atoms with Gasteiger partial charge in [0.15, 0.2) is 5.43 Å². The first kappa shape index (κ1) is 16.2. The highest BCUT2D eigenvalue weighted by atomic mass is 79.9. The SMILES string of the molecule is O=c1ccsc2c(-c3cccc4c3[nH]c3ccccc34)cc(Br)c(Br)c12. The molecule has 26 heavy (non-hydrogen) atoms. The predicted molar refractivity (Wildman–Crippen MR) is 118 cm³/mol. The second-order valence-electron chi connectivity index (χ2n) is 6.11. The van der Waals surface area contributed by atoms with Gasteiger partial charge < -0.3 is 4.98 Å². The molecule has 0 radical (unpaired) electrons. The van der Waals surface area contributed by atoms with Gasteiger partial charge in [-0.25, -0.2) is 0 Å². The molecule has 0 aliphatic carbocycles. The van der Waals surface area contributed by atoms with E-state index in [0.29, 0.717) is 0 Å². The van der Waals surface area contributed by atoms with Crippen LogP contribution < -0.4 is 5.43 Å². The molecule has 126 valence electrons. The number of hydrogen-bond donors (Lipinski definition) is 1. The summed E-state index contributed by atoms with van der Waals surface area (Å²) in [7, 11) is 0. The van der Waals surface area contributed by atoms with Gasteiger partial charge in [0.2, 0.25) is 0 Å². The minimum atomic E-state index is 0.0250. The fraction of sp³-hybridized carbons (Fsp3) is 0. The van der Waals surface area contributed by atoms with Crippen molar-refractivity contribution in [2.24, 2.45) is 0 Å². The molecule has 5 aromatic rings. The normalized spacial score (nSPS) is 11.6. The Morgan fingerprint density at radius 1 is 0.885 bits per heavy atom. The quantitative estimate of drug-likeness (QED) is 0.270. The van der Waals surface area contributed by atoms with Crippen molar-refractivity contribution < 1.29 is 0 Å². The maximum Gasteiger partial charge on any atom is 0.189 e. The zero-order valence-electron chi connectivity index (χ0n) is 13.3. The molecule has 5 heteroatoms. The Balaban J connectivity index is 1.97. The predicted octanol–water partition coefficient (Wildman–Crippen LogP) is 7.09. The topological polar surface area (TPSA) is 32.9 Å². The van der Waals surface area contributed by atoms with Crippen LogP contribution in [0.5, 0.6) is 0 Å². The van der Waals surface area contributed by atoms with Gasteiger partial charge in [0.1, 0.15) is 0 Å². The molecule has 1 N–H and O–H groups in total. The molecular weight excluding hydrogens is 474 g/mol. The third-order valence-corrected chi connectivity index (χ3v) is 7.57. The number of halogens is 2. The van der Waals surface area contributed by atoms with Gasteiger partial charge in [-0.3, -0.25) is 4.79 Å². The van der Waals surface area contributed by atoms with Crippen LogP contribution in [0.4, 0.5) is 0 Å². The molecule has 2 heterocycles. The Morgan fingerprint density at radius 2 is 1.69 bits per heavy atom. The number of fused-ring (bicyclic) bond motifs is 4. The van der Waals surface area contributed by atoms with Gasteiger partial charge in [-0.2, -0.15) is 0 Å². The fourth-order valence-electron chi connectivity index (χ4n) is 3.50. The van der Waals surface area contributed by atoms with Crippen LogP contribution in [-0.4, -0.2) is 4.98 Å². The van der Waals surface area contributed by atoms with Crippen LogP contribution in [0.25, 0.3) is 43.0 Å². The molecule has 0 unspecified atom stereocenters. The third-order valence-electron chi connectivity index (χ3n) is 4.66. The average molecular weight is 485 g/mol. The highest BCUT2D eigenvalue weighted by Gasteiger charge is 2.16. The van der Waals surface area contributed by atoms with Crippen molar-refractivity contribution in [2.45, 2.75) is 0 Å². The molecule has 0 saturated heterocycles. The maximum atomic E-state index is 12.5. The van der Waals surface area contributed by atoms with Crippen molar-refractivity contribution in [3.8, 4) is 11.1 Å². The molecule has 0 amide bonds. The molecule has 5 rings (SSSR count). The van der Waals surface area contributed by atoms with Gasteiger partial charge in [-0.15, -0.1) is 11.3 Å². The minimum Gasteiger partial charge on any atom is -0.354 e.